The number of pyridine rings is 1. The lowest BCUT2D eigenvalue weighted by Crippen LogP contribution is -2.29. The van der Waals surface area contributed by atoms with Gasteiger partial charge < -0.3 is 15.2 Å². The number of aromatic nitrogens is 1. The molecular weight excluding hydrogens is 268 g/mol. The second-order valence-corrected chi connectivity index (χ2v) is 4.91. The standard InChI is InChI=1S/C16H20N2O3/c19-10-3-4-13-12-17-8-7-15(13)16(20)18-9-11-21-14-5-1-2-6-14/h7-8,12,14,19H,1-2,5-6,9-11H2,(H,18,20). The fourth-order valence-corrected chi connectivity index (χ4v) is 2.37. The minimum atomic E-state index is -0.245. The third-order valence-electron chi connectivity index (χ3n) is 3.41. The van der Waals surface area contributed by atoms with Gasteiger partial charge in [0.2, 0.25) is 0 Å². The van der Waals surface area contributed by atoms with Crippen LogP contribution in [-0.2, 0) is 4.74 Å². The number of amides is 1. The van der Waals surface area contributed by atoms with E-state index >= 15 is 0 Å². The van der Waals surface area contributed by atoms with E-state index in [9.17, 15) is 4.79 Å². The van der Waals surface area contributed by atoms with Crippen molar-refractivity contribution in [3.63, 3.8) is 0 Å². The van der Waals surface area contributed by atoms with Crippen molar-refractivity contribution in [1.29, 1.82) is 0 Å². The van der Waals surface area contributed by atoms with Gasteiger partial charge in [0.05, 0.1) is 23.8 Å². The topological polar surface area (TPSA) is 71.5 Å². The van der Waals surface area contributed by atoms with Gasteiger partial charge >= 0.3 is 0 Å². The van der Waals surface area contributed by atoms with Crippen molar-refractivity contribution in [2.24, 2.45) is 0 Å². The molecule has 1 aromatic rings. The molecule has 1 aliphatic carbocycles. The number of aliphatic hydroxyl groups excluding tert-OH is 1. The highest BCUT2D eigenvalue weighted by atomic mass is 16.5. The summed E-state index contributed by atoms with van der Waals surface area (Å²) in [6.07, 6.45) is 8.15. The molecule has 1 aliphatic rings. The van der Waals surface area contributed by atoms with Gasteiger partial charge in [0.25, 0.3) is 5.91 Å². The van der Waals surface area contributed by atoms with Crippen LogP contribution in [0, 0.1) is 11.8 Å². The summed E-state index contributed by atoms with van der Waals surface area (Å²) in [4.78, 5) is 16.0. The van der Waals surface area contributed by atoms with E-state index in [0.717, 1.165) is 12.8 Å². The quantitative estimate of drug-likeness (QED) is 0.629. The van der Waals surface area contributed by atoms with Gasteiger partial charge in [-0.05, 0) is 18.9 Å². The van der Waals surface area contributed by atoms with Gasteiger partial charge in [-0.1, -0.05) is 24.7 Å². The van der Waals surface area contributed by atoms with Crippen LogP contribution in [-0.4, -0.2) is 41.9 Å². The van der Waals surface area contributed by atoms with E-state index in [1.165, 1.54) is 19.0 Å². The highest BCUT2D eigenvalue weighted by molar-refractivity contribution is 5.96. The first-order valence-corrected chi connectivity index (χ1v) is 7.25. The van der Waals surface area contributed by atoms with Gasteiger partial charge in [-0.15, -0.1) is 0 Å². The SMILES string of the molecule is O=C(NCCOC1CCCC1)c1ccncc1C#CCO. The van der Waals surface area contributed by atoms with E-state index in [-0.39, 0.29) is 12.5 Å². The Morgan fingerprint density at radius 1 is 1.48 bits per heavy atom. The smallest absolute Gasteiger partial charge is 0.252 e. The molecule has 21 heavy (non-hydrogen) atoms. The number of carbonyl (C=O) groups is 1. The van der Waals surface area contributed by atoms with E-state index in [0.29, 0.717) is 30.4 Å². The van der Waals surface area contributed by atoms with Gasteiger partial charge in [-0.3, -0.25) is 9.78 Å². The van der Waals surface area contributed by atoms with Crippen LogP contribution in [0.15, 0.2) is 18.5 Å². The minimum absolute atomic E-state index is 0.199. The molecule has 0 saturated heterocycles. The predicted octanol–water partition coefficient (Wildman–Crippen LogP) is 1.11. The second kappa shape index (κ2) is 8.40. The van der Waals surface area contributed by atoms with Crippen molar-refractivity contribution in [2.45, 2.75) is 31.8 Å². The molecule has 0 spiro atoms. The number of nitrogens with one attached hydrogen (secondary N) is 1. The Morgan fingerprint density at radius 3 is 3.05 bits per heavy atom. The summed E-state index contributed by atoms with van der Waals surface area (Å²) in [5, 5.41) is 11.5. The summed E-state index contributed by atoms with van der Waals surface area (Å²) in [6.45, 7) is 0.759. The molecule has 112 valence electrons. The second-order valence-electron chi connectivity index (χ2n) is 4.91. The molecule has 1 fully saturated rings. The van der Waals surface area contributed by atoms with Crippen LogP contribution in [0.4, 0.5) is 0 Å². The Bertz CT molecular complexity index is 528. The molecule has 0 radical (unpaired) electrons. The zero-order valence-corrected chi connectivity index (χ0v) is 12.0. The summed E-state index contributed by atoms with van der Waals surface area (Å²) in [5.41, 5.74) is 0.979. The van der Waals surface area contributed by atoms with Crippen LogP contribution in [0.2, 0.25) is 0 Å². The first-order chi connectivity index (χ1) is 10.3. The minimum Gasteiger partial charge on any atom is -0.384 e. The van der Waals surface area contributed by atoms with E-state index in [2.05, 4.69) is 22.1 Å². The fourth-order valence-electron chi connectivity index (χ4n) is 2.37. The number of ether oxygens (including phenoxy) is 1. The van der Waals surface area contributed by atoms with Gasteiger partial charge in [0.15, 0.2) is 0 Å². The number of nitrogens with zero attached hydrogens (tertiary/aromatic N) is 1. The molecule has 0 atom stereocenters. The average Bonchev–Trinajstić information content (AvgIpc) is 3.03. The molecule has 2 N–H and O–H groups in total. The maximum absolute atomic E-state index is 12.1. The molecule has 1 amide bonds. The van der Waals surface area contributed by atoms with Crippen molar-refractivity contribution in [3.05, 3.63) is 29.6 Å². The van der Waals surface area contributed by atoms with Gasteiger partial charge in [-0.2, -0.15) is 0 Å². The molecule has 2 rings (SSSR count). The summed E-state index contributed by atoms with van der Waals surface area (Å²) in [5.74, 6) is 5.05. The molecule has 1 heterocycles. The van der Waals surface area contributed by atoms with E-state index in [1.807, 2.05) is 0 Å². The maximum atomic E-state index is 12.1. The maximum Gasteiger partial charge on any atom is 0.252 e. The molecular formula is C16H20N2O3. The van der Waals surface area contributed by atoms with Crippen molar-refractivity contribution in [1.82, 2.24) is 10.3 Å². The van der Waals surface area contributed by atoms with Gasteiger partial charge in [-0.25, -0.2) is 0 Å². The third-order valence-corrected chi connectivity index (χ3v) is 3.41. The molecule has 5 nitrogen and oxygen atoms in total. The molecule has 0 unspecified atom stereocenters. The van der Waals surface area contributed by atoms with E-state index in [4.69, 9.17) is 9.84 Å². The predicted molar refractivity (Wildman–Crippen MR) is 78.7 cm³/mol. The largest absolute Gasteiger partial charge is 0.384 e. The molecule has 0 aliphatic heterocycles. The lowest BCUT2D eigenvalue weighted by molar-refractivity contribution is 0.0582. The fraction of sp³-hybridized carbons (Fsp3) is 0.500. The summed E-state index contributed by atoms with van der Waals surface area (Å²) in [6, 6.07) is 1.62. The van der Waals surface area contributed by atoms with E-state index in [1.54, 1.807) is 12.3 Å². The van der Waals surface area contributed by atoms with Crippen LogP contribution in [0.1, 0.15) is 41.6 Å². The van der Waals surface area contributed by atoms with Crippen molar-refractivity contribution < 1.29 is 14.6 Å². The number of hydrogen-bond acceptors (Lipinski definition) is 4. The Morgan fingerprint density at radius 2 is 2.29 bits per heavy atom. The van der Waals surface area contributed by atoms with Gasteiger partial charge in [0.1, 0.15) is 6.61 Å². The van der Waals surface area contributed by atoms with Crippen molar-refractivity contribution in [2.75, 3.05) is 19.8 Å². The third kappa shape index (κ3) is 4.85. The van der Waals surface area contributed by atoms with Gasteiger partial charge in [0, 0.05) is 18.9 Å². The first kappa shape index (κ1) is 15.5. The first-order valence-electron chi connectivity index (χ1n) is 7.25. The van der Waals surface area contributed by atoms with Crippen LogP contribution in [0.5, 0.6) is 0 Å². The Hall–Kier alpha value is -1.90. The Balaban J connectivity index is 1.82. The lowest BCUT2D eigenvalue weighted by Gasteiger charge is -2.11. The number of hydrogen-bond donors (Lipinski definition) is 2. The number of aliphatic hydroxyl groups is 1. The average molecular weight is 288 g/mol. The molecule has 0 aromatic carbocycles. The van der Waals surface area contributed by atoms with E-state index < -0.39 is 0 Å². The highest BCUT2D eigenvalue weighted by Gasteiger charge is 2.15. The monoisotopic (exact) mass is 288 g/mol. The molecule has 5 heteroatoms. The Kier molecular flexibility index (Phi) is 6.20. The van der Waals surface area contributed by atoms with Crippen LogP contribution in [0.3, 0.4) is 0 Å². The lowest BCUT2D eigenvalue weighted by atomic mass is 10.1. The number of rotatable bonds is 5. The molecule has 1 saturated carbocycles. The van der Waals surface area contributed by atoms with Crippen LogP contribution >= 0.6 is 0 Å². The zero-order chi connectivity index (χ0) is 14.9. The highest BCUT2D eigenvalue weighted by Crippen LogP contribution is 2.20. The normalized spacial score (nSPS) is 14.5. The zero-order valence-electron chi connectivity index (χ0n) is 12.0. The van der Waals surface area contributed by atoms with Crippen LogP contribution in [0.25, 0.3) is 0 Å². The number of carbonyl (C=O) groups excluding carboxylic acids is 1. The van der Waals surface area contributed by atoms with Crippen molar-refractivity contribution in [3.8, 4) is 11.8 Å². The van der Waals surface area contributed by atoms with Crippen LogP contribution < -0.4 is 5.32 Å². The summed E-state index contributed by atoms with van der Waals surface area (Å²) < 4.78 is 5.70. The summed E-state index contributed by atoms with van der Waals surface area (Å²) in [7, 11) is 0. The molecule has 0 bridgehead atoms. The molecule has 1 aromatic heterocycles. The Labute approximate surface area is 124 Å². The summed E-state index contributed by atoms with van der Waals surface area (Å²) >= 11 is 0. The van der Waals surface area contributed by atoms with Crippen molar-refractivity contribution >= 4 is 5.91 Å².